The molecule has 6 N–H and O–H groups in total. The van der Waals surface area contributed by atoms with E-state index in [9.17, 15) is 0 Å². The van der Waals surface area contributed by atoms with E-state index in [0.29, 0.717) is 21.2 Å². The van der Waals surface area contributed by atoms with Crippen molar-refractivity contribution in [1.82, 2.24) is 29.7 Å². The van der Waals surface area contributed by atoms with Gasteiger partial charge in [-0.15, -0.1) is 0 Å². The first-order valence-electron chi connectivity index (χ1n) is 9.56. The highest BCUT2D eigenvalue weighted by Crippen LogP contribution is 2.18. The predicted molar refractivity (Wildman–Crippen MR) is 126 cm³/mol. The largest absolute Gasteiger partial charge is 0.485 e. The number of hydrogen-bond acceptors (Lipinski definition) is 8. The van der Waals surface area contributed by atoms with Gasteiger partial charge in [0.15, 0.2) is 11.6 Å². The van der Waals surface area contributed by atoms with E-state index in [1.165, 1.54) is 9.35 Å². The summed E-state index contributed by atoms with van der Waals surface area (Å²) in [5, 5.41) is 13.1. The van der Waals surface area contributed by atoms with Crippen molar-refractivity contribution in [3.05, 3.63) is 80.8 Å². The fourth-order valence-electron chi connectivity index (χ4n) is 2.60. The number of benzene rings is 2. The van der Waals surface area contributed by atoms with Crippen LogP contribution in [0.1, 0.15) is 22.8 Å². The Morgan fingerprint density at radius 2 is 1.12 bits per heavy atom. The first kappa shape index (κ1) is 23.0. The molecule has 0 unspecified atom stereocenters. The molecule has 0 amide bonds. The highest BCUT2D eigenvalue weighted by Gasteiger charge is 2.06. The summed E-state index contributed by atoms with van der Waals surface area (Å²) >= 11 is 9.79. The summed E-state index contributed by atoms with van der Waals surface area (Å²) in [6.45, 7) is 4.53. The summed E-state index contributed by atoms with van der Waals surface area (Å²) in [7, 11) is 0. The smallest absolute Gasteiger partial charge is 0.214 e. The van der Waals surface area contributed by atoms with E-state index in [0.717, 1.165) is 22.6 Å². The lowest BCUT2D eigenvalue weighted by Crippen LogP contribution is -2.14. The number of aryl methyl sites for hydroxylation is 2. The molecule has 168 valence electrons. The Kier molecular flexibility index (Phi) is 7.63. The van der Waals surface area contributed by atoms with Crippen LogP contribution < -0.4 is 21.2 Å². The predicted octanol–water partition coefficient (Wildman–Crippen LogP) is 3.08. The minimum atomic E-state index is 0.286. The van der Waals surface area contributed by atoms with E-state index in [-0.39, 0.29) is 13.2 Å². The third-order valence-electron chi connectivity index (χ3n) is 4.46. The minimum absolute atomic E-state index is 0.286. The second-order valence-corrected chi connectivity index (χ2v) is 7.51. The maximum atomic E-state index is 5.64. The van der Waals surface area contributed by atoms with Gasteiger partial charge in [0.2, 0.25) is 9.54 Å². The van der Waals surface area contributed by atoms with E-state index in [4.69, 9.17) is 45.6 Å². The van der Waals surface area contributed by atoms with Gasteiger partial charge in [0, 0.05) is 0 Å². The molecule has 0 saturated carbocycles. The summed E-state index contributed by atoms with van der Waals surface area (Å²) in [4.78, 5) is 0. The number of nitrogens with one attached hydrogen (secondary N) is 2. The number of aromatic nitrogens is 6. The summed E-state index contributed by atoms with van der Waals surface area (Å²) in [5.74, 6) is 14.0. The molecule has 2 heterocycles. The molecule has 4 rings (SSSR count). The summed E-state index contributed by atoms with van der Waals surface area (Å²) in [6, 6.07) is 15.5. The molecule has 0 aliphatic heterocycles. The van der Waals surface area contributed by atoms with Gasteiger partial charge in [0.1, 0.15) is 24.7 Å². The van der Waals surface area contributed by atoms with Gasteiger partial charge < -0.3 is 21.2 Å². The third-order valence-corrected chi connectivity index (χ3v) is 5.03. The van der Waals surface area contributed by atoms with Crippen LogP contribution in [0.25, 0.3) is 0 Å². The molecule has 2 aromatic heterocycles. The number of nitrogen functional groups attached to an aromatic ring is 2. The number of para-hydroxylation sites is 2. The van der Waals surface area contributed by atoms with Crippen molar-refractivity contribution < 1.29 is 9.47 Å². The third kappa shape index (κ3) is 5.74. The van der Waals surface area contributed by atoms with Crippen molar-refractivity contribution in [2.24, 2.45) is 0 Å². The lowest BCUT2D eigenvalue weighted by Gasteiger charge is -2.07. The van der Waals surface area contributed by atoms with Gasteiger partial charge in [-0.25, -0.2) is 9.35 Å². The Bertz CT molecular complexity index is 1190. The molecule has 0 bridgehead atoms. The van der Waals surface area contributed by atoms with Crippen LogP contribution in [0.15, 0.2) is 48.5 Å². The highest BCUT2D eigenvalue weighted by atomic mass is 32.1. The number of H-pyrrole nitrogens is 2. The Labute approximate surface area is 194 Å². The van der Waals surface area contributed by atoms with Crippen molar-refractivity contribution in [2.45, 2.75) is 27.1 Å². The zero-order valence-corrected chi connectivity index (χ0v) is 19.2. The Morgan fingerprint density at radius 3 is 1.44 bits per heavy atom. The second-order valence-electron chi connectivity index (χ2n) is 6.74. The molecule has 0 aliphatic carbocycles. The number of nitrogens with two attached hydrogens (primary N) is 2. The van der Waals surface area contributed by atoms with Gasteiger partial charge in [-0.2, -0.15) is 10.2 Å². The lowest BCUT2D eigenvalue weighted by atomic mass is 10.2. The average Bonchev–Trinajstić information content (AvgIpc) is 3.28. The quantitative estimate of drug-likeness (QED) is 0.248. The molecule has 4 aromatic rings. The van der Waals surface area contributed by atoms with Gasteiger partial charge in [-0.3, -0.25) is 10.2 Å². The first-order valence-corrected chi connectivity index (χ1v) is 10.4. The fourth-order valence-corrected chi connectivity index (χ4v) is 2.90. The molecule has 0 atom stereocenters. The molecular weight excluding hydrogens is 448 g/mol. The first-order chi connectivity index (χ1) is 15.4. The van der Waals surface area contributed by atoms with E-state index in [2.05, 4.69) is 20.4 Å². The molecule has 0 radical (unpaired) electrons. The monoisotopic (exact) mass is 472 g/mol. The summed E-state index contributed by atoms with van der Waals surface area (Å²) in [6.07, 6.45) is 0. The molecule has 2 aromatic carbocycles. The highest BCUT2D eigenvalue weighted by molar-refractivity contribution is 7.71. The van der Waals surface area contributed by atoms with Crippen LogP contribution in [0.3, 0.4) is 0 Å². The van der Waals surface area contributed by atoms with Crippen molar-refractivity contribution in [3.63, 3.8) is 0 Å². The van der Waals surface area contributed by atoms with Crippen molar-refractivity contribution >= 4 is 24.4 Å². The van der Waals surface area contributed by atoms with Crippen LogP contribution in [0.2, 0.25) is 0 Å². The van der Waals surface area contributed by atoms with Crippen molar-refractivity contribution in [1.29, 1.82) is 0 Å². The lowest BCUT2D eigenvalue weighted by molar-refractivity contribution is 0.290. The van der Waals surface area contributed by atoms with Gasteiger partial charge in [0.05, 0.1) is 0 Å². The Balaban J connectivity index is 0.000000181. The van der Waals surface area contributed by atoms with E-state index >= 15 is 0 Å². The number of rotatable bonds is 6. The maximum absolute atomic E-state index is 5.64. The average molecular weight is 473 g/mol. The fraction of sp³-hybridized carbons (Fsp3) is 0.200. The van der Waals surface area contributed by atoms with Crippen LogP contribution >= 0.6 is 24.4 Å². The summed E-state index contributed by atoms with van der Waals surface area (Å²) < 4.78 is 14.5. The van der Waals surface area contributed by atoms with E-state index in [1.54, 1.807) is 0 Å². The van der Waals surface area contributed by atoms with Gasteiger partial charge in [0.25, 0.3) is 0 Å². The molecule has 0 spiro atoms. The molecule has 0 fully saturated rings. The van der Waals surface area contributed by atoms with E-state index in [1.807, 2.05) is 62.4 Å². The minimum Gasteiger partial charge on any atom is -0.485 e. The Hall–Kier alpha value is -3.64. The van der Waals surface area contributed by atoms with Gasteiger partial charge >= 0.3 is 0 Å². The number of ether oxygens (including phenoxy) is 2. The van der Waals surface area contributed by atoms with Crippen LogP contribution in [-0.4, -0.2) is 29.7 Å². The molecule has 0 aliphatic rings. The molecule has 10 nitrogen and oxygen atoms in total. The number of aromatic amines is 2. The van der Waals surface area contributed by atoms with Crippen molar-refractivity contribution in [3.8, 4) is 11.5 Å². The normalized spacial score (nSPS) is 10.3. The maximum Gasteiger partial charge on any atom is 0.214 e. The van der Waals surface area contributed by atoms with Crippen LogP contribution in [0, 0.1) is 23.4 Å². The second kappa shape index (κ2) is 10.6. The number of hydrogen-bond donors (Lipinski definition) is 4. The van der Waals surface area contributed by atoms with Crippen molar-refractivity contribution in [2.75, 3.05) is 11.7 Å². The topological polar surface area (TPSA) is 138 Å². The van der Waals surface area contributed by atoms with Gasteiger partial charge in [-0.05, 0) is 61.5 Å². The zero-order valence-electron chi connectivity index (χ0n) is 17.6. The van der Waals surface area contributed by atoms with Crippen LogP contribution in [0.4, 0.5) is 0 Å². The zero-order chi connectivity index (χ0) is 23.1. The standard InChI is InChI=1S/2C10H12N4OS/c2*1-7-4-2-3-5-8(7)15-6-9-12-13-10(16)14(9)11/h2*2-5H,6,11H2,1H3,(H,13,16). The summed E-state index contributed by atoms with van der Waals surface area (Å²) in [5.41, 5.74) is 2.14. The molecular formula is C20H24N8O2S2. The number of nitrogens with zero attached hydrogens (tertiary/aromatic N) is 4. The molecule has 0 saturated heterocycles. The van der Waals surface area contributed by atoms with Crippen LogP contribution in [0.5, 0.6) is 11.5 Å². The van der Waals surface area contributed by atoms with Crippen LogP contribution in [-0.2, 0) is 13.2 Å². The molecule has 32 heavy (non-hydrogen) atoms. The van der Waals surface area contributed by atoms with E-state index < -0.39 is 0 Å². The Morgan fingerprint density at radius 1 is 0.750 bits per heavy atom. The molecule has 12 heteroatoms. The SMILES string of the molecule is Cc1ccccc1OCc1n[nH]c(=S)n1N.Cc1ccccc1OCc1n[nH]c(=S)n1N. The van der Waals surface area contributed by atoms with Gasteiger partial charge in [-0.1, -0.05) is 36.4 Å².